The van der Waals surface area contributed by atoms with Crippen LogP contribution >= 0.6 is 43.2 Å². The van der Waals surface area contributed by atoms with Gasteiger partial charge in [-0.2, -0.15) is 4.98 Å². The van der Waals surface area contributed by atoms with Crippen LogP contribution in [0, 0.1) is 6.92 Å². The smallest absolute Gasteiger partial charge is 0.241 e. The van der Waals surface area contributed by atoms with Gasteiger partial charge in [-0.3, -0.25) is 5.43 Å². The number of aryl methyl sites for hydroxylation is 1. The molecule has 0 unspecified atom stereocenters. The summed E-state index contributed by atoms with van der Waals surface area (Å²) in [5.41, 5.74) is 2.46. The number of nitrogens with one attached hydrogen (secondary N) is 1. The van der Waals surface area contributed by atoms with Gasteiger partial charge in [0.15, 0.2) is 0 Å². The highest BCUT2D eigenvalue weighted by atomic mass is 79.9. The van der Waals surface area contributed by atoms with Gasteiger partial charge in [0.05, 0.1) is 9.86 Å². The first-order chi connectivity index (χ1) is 10.1. The molecule has 21 heavy (non-hydrogen) atoms. The average Bonchev–Trinajstić information content (AvgIpc) is 2.82. The van der Waals surface area contributed by atoms with Crippen molar-refractivity contribution in [2.45, 2.75) is 6.92 Å². The molecule has 0 radical (unpaired) electrons. The number of ether oxygens (including phenoxy) is 1. The first kappa shape index (κ1) is 14.7. The van der Waals surface area contributed by atoms with Crippen LogP contribution < -0.4 is 16.0 Å². The molecule has 0 spiro atoms. The number of fused-ring (bicyclic) bond motifs is 1. The maximum atomic E-state index is 5.93. The summed E-state index contributed by atoms with van der Waals surface area (Å²) in [6, 6.07) is 7.67. The SMILES string of the molecule is Cc1cc2c(Oc3ccc(Br)cc3Br)nc(NN)nc2s1. The third-order valence-corrected chi connectivity index (χ3v) is 4.77. The number of hydrogen-bond donors (Lipinski definition) is 2. The molecule has 0 saturated heterocycles. The Labute approximate surface area is 141 Å². The third kappa shape index (κ3) is 3.03. The minimum Gasteiger partial charge on any atom is -0.437 e. The van der Waals surface area contributed by atoms with Crippen LogP contribution in [0.1, 0.15) is 4.88 Å². The van der Waals surface area contributed by atoms with Gasteiger partial charge in [-0.25, -0.2) is 10.8 Å². The Morgan fingerprint density at radius 3 is 2.76 bits per heavy atom. The molecule has 0 amide bonds. The Bertz CT molecular complexity index is 821. The lowest BCUT2D eigenvalue weighted by molar-refractivity contribution is 0.466. The molecule has 0 aliphatic heterocycles. The number of benzene rings is 1. The topological polar surface area (TPSA) is 73.1 Å². The summed E-state index contributed by atoms with van der Waals surface area (Å²) in [7, 11) is 0. The van der Waals surface area contributed by atoms with Crippen molar-refractivity contribution >= 4 is 59.4 Å². The van der Waals surface area contributed by atoms with Gasteiger partial charge in [0, 0.05) is 9.35 Å². The van der Waals surface area contributed by atoms with E-state index in [2.05, 4.69) is 47.3 Å². The number of halogens is 2. The number of hydrazine groups is 1. The second kappa shape index (κ2) is 5.88. The second-order valence-electron chi connectivity index (χ2n) is 4.25. The lowest BCUT2D eigenvalue weighted by Gasteiger charge is -2.09. The largest absolute Gasteiger partial charge is 0.437 e. The molecule has 3 N–H and O–H groups in total. The molecule has 3 aromatic rings. The summed E-state index contributed by atoms with van der Waals surface area (Å²) >= 11 is 8.45. The van der Waals surface area contributed by atoms with Crippen molar-refractivity contribution in [3.8, 4) is 11.6 Å². The number of rotatable bonds is 3. The van der Waals surface area contributed by atoms with Crippen molar-refractivity contribution in [1.82, 2.24) is 9.97 Å². The van der Waals surface area contributed by atoms with E-state index < -0.39 is 0 Å². The van der Waals surface area contributed by atoms with Crippen LogP contribution in [0.15, 0.2) is 33.2 Å². The Morgan fingerprint density at radius 2 is 2.05 bits per heavy atom. The van der Waals surface area contributed by atoms with Gasteiger partial charge in [0.2, 0.25) is 11.8 Å². The zero-order chi connectivity index (χ0) is 15.0. The molecule has 1 aromatic carbocycles. The van der Waals surface area contributed by atoms with Crippen LogP contribution in [0.5, 0.6) is 11.6 Å². The standard InChI is InChI=1S/C13H10Br2N4OS/c1-6-4-8-11(17-13(19-16)18-12(8)21-6)20-10-3-2-7(14)5-9(10)15/h2-5H,16H2,1H3,(H,17,18,19). The second-order valence-corrected chi connectivity index (χ2v) is 7.25. The molecular weight excluding hydrogens is 420 g/mol. The molecule has 108 valence electrons. The molecule has 5 nitrogen and oxygen atoms in total. The molecule has 0 saturated carbocycles. The monoisotopic (exact) mass is 428 g/mol. The number of aromatic nitrogens is 2. The van der Waals surface area contributed by atoms with E-state index >= 15 is 0 Å². The minimum atomic E-state index is 0.326. The highest BCUT2D eigenvalue weighted by molar-refractivity contribution is 9.11. The van der Waals surface area contributed by atoms with Crippen molar-refractivity contribution in [2.24, 2.45) is 5.84 Å². The summed E-state index contributed by atoms with van der Waals surface area (Å²) in [6.07, 6.45) is 0. The summed E-state index contributed by atoms with van der Waals surface area (Å²) in [5, 5.41) is 0.867. The van der Waals surface area contributed by atoms with Crippen molar-refractivity contribution in [3.05, 3.63) is 38.1 Å². The number of nitrogens with zero attached hydrogens (tertiary/aromatic N) is 2. The van der Waals surface area contributed by atoms with Crippen LogP contribution in [0.2, 0.25) is 0 Å². The number of nitrogen functional groups attached to an aromatic ring is 1. The average molecular weight is 430 g/mol. The predicted octanol–water partition coefficient (Wildman–Crippen LogP) is 4.60. The lowest BCUT2D eigenvalue weighted by atomic mass is 10.3. The number of hydrogen-bond acceptors (Lipinski definition) is 6. The molecule has 8 heteroatoms. The molecule has 2 heterocycles. The summed E-state index contributed by atoms with van der Waals surface area (Å²) in [5.74, 6) is 6.89. The van der Waals surface area contributed by atoms with E-state index in [9.17, 15) is 0 Å². The van der Waals surface area contributed by atoms with E-state index in [-0.39, 0.29) is 0 Å². The molecule has 0 bridgehead atoms. The number of thiophene rings is 1. The zero-order valence-electron chi connectivity index (χ0n) is 10.9. The lowest BCUT2D eigenvalue weighted by Crippen LogP contribution is -2.10. The first-order valence-corrected chi connectivity index (χ1v) is 8.35. The van der Waals surface area contributed by atoms with E-state index in [0.717, 1.165) is 24.0 Å². The molecule has 3 rings (SSSR count). The molecule has 2 aromatic heterocycles. The van der Waals surface area contributed by atoms with Crippen molar-refractivity contribution < 1.29 is 4.74 Å². The zero-order valence-corrected chi connectivity index (χ0v) is 14.8. The van der Waals surface area contributed by atoms with Gasteiger partial charge in [-0.05, 0) is 47.1 Å². The normalized spacial score (nSPS) is 10.9. The van der Waals surface area contributed by atoms with E-state index in [1.165, 1.54) is 0 Å². The summed E-state index contributed by atoms with van der Waals surface area (Å²) in [6.45, 7) is 2.02. The van der Waals surface area contributed by atoms with E-state index in [4.69, 9.17) is 10.6 Å². The summed E-state index contributed by atoms with van der Waals surface area (Å²) in [4.78, 5) is 10.6. The molecule has 0 aliphatic rings. The fraction of sp³-hybridized carbons (Fsp3) is 0.0769. The Balaban J connectivity index is 2.10. The quantitative estimate of drug-likeness (QED) is 0.470. The van der Waals surface area contributed by atoms with E-state index in [0.29, 0.717) is 17.6 Å². The Morgan fingerprint density at radius 1 is 1.24 bits per heavy atom. The molecule has 0 fully saturated rings. The first-order valence-electron chi connectivity index (χ1n) is 5.94. The maximum Gasteiger partial charge on any atom is 0.241 e. The predicted molar refractivity (Wildman–Crippen MR) is 91.9 cm³/mol. The van der Waals surface area contributed by atoms with Crippen molar-refractivity contribution in [1.29, 1.82) is 0 Å². The van der Waals surface area contributed by atoms with Gasteiger partial charge in [0.25, 0.3) is 0 Å². The summed E-state index contributed by atoms with van der Waals surface area (Å²) < 4.78 is 7.72. The highest BCUT2D eigenvalue weighted by Gasteiger charge is 2.13. The third-order valence-electron chi connectivity index (χ3n) is 2.71. The van der Waals surface area contributed by atoms with Gasteiger partial charge < -0.3 is 4.74 Å². The highest BCUT2D eigenvalue weighted by Crippen LogP contribution is 2.36. The fourth-order valence-electron chi connectivity index (χ4n) is 1.82. The van der Waals surface area contributed by atoms with Gasteiger partial charge >= 0.3 is 0 Å². The van der Waals surface area contributed by atoms with Crippen LogP contribution in [-0.2, 0) is 0 Å². The molecular formula is C13H10Br2N4OS. The van der Waals surface area contributed by atoms with E-state index in [1.54, 1.807) is 11.3 Å². The molecule has 0 atom stereocenters. The van der Waals surface area contributed by atoms with Crippen molar-refractivity contribution in [2.75, 3.05) is 5.43 Å². The minimum absolute atomic E-state index is 0.326. The van der Waals surface area contributed by atoms with Gasteiger partial charge in [0.1, 0.15) is 10.6 Å². The molecule has 0 aliphatic carbocycles. The Kier molecular flexibility index (Phi) is 4.12. The maximum absolute atomic E-state index is 5.93. The van der Waals surface area contributed by atoms with Crippen molar-refractivity contribution in [3.63, 3.8) is 0 Å². The van der Waals surface area contributed by atoms with E-state index in [1.807, 2.05) is 31.2 Å². The number of nitrogens with two attached hydrogens (primary N) is 1. The fourth-order valence-corrected chi connectivity index (χ4v) is 3.82. The van der Waals surface area contributed by atoms with Crippen LogP contribution in [0.3, 0.4) is 0 Å². The van der Waals surface area contributed by atoms with Crippen LogP contribution in [0.25, 0.3) is 10.2 Å². The Hall–Kier alpha value is -1.22. The van der Waals surface area contributed by atoms with Crippen LogP contribution in [-0.4, -0.2) is 9.97 Å². The number of anilines is 1. The van der Waals surface area contributed by atoms with Gasteiger partial charge in [-0.1, -0.05) is 15.9 Å². The van der Waals surface area contributed by atoms with Crippen LogP contribution in [0.4, 0.5) is 5.95 Å². The van der Waals surface area contributed by atoms with Gasteiger partial charge in [-0.15, -0.1) is 11.3 Å².